The normalized spacial score (nSPS) is 10.2. The topological polar surface area (TPSA) is 33.0 Å². The summed E-state index contributed by atoms with van der Waals surface area (Å²) < 4.78 is 5.38. The van der Waals surface area contributed by atoms with Gasteiger partial charge in [-0.15, -0.1) is 0 Å². The summed E-state index contributed by atoms with van der Waals surface area (Å²) >= 11 is 0. The van der Waals surface area contributed by atoms with Crippen LogP contribution in [0.5, 0.6) is 0 Å². The van der Waals surface area contributed by atoms with E-state index < -0.39 is 0 Å². The summed E-state index contributed by atoms with van der Waals surface area (Å²) in [6, 6.07) is 2.12. The van der Waals surface area contributed by atoms with Gasteiger partial charge in [-0.25, -0.2) is 0 Å². The summed E-state index contributed by atoms with van der Waals surface area (Å²) in [6.07, 6.45) is 3.79. The molecule has 2 heteroatoms. The van der Waals surface area contributed by atoms with Crippen LogP contribution in [0.3, 0.4) is 0 Å². The Kier molecular flexibility index (Phi) is 8.15. The van der Waals surface area contributed by atoms with Crippen LogP contribution < -0.4 is 0 Å². The van der Waals surface area contributed by atoms with Crippen LogP contribution >= 0.6 is 0 Å². The number of nitrogens with zero attached hydrogens (tertiary/aromatic N) is 1. The molecule has 0 aromatic rings. The summed E-state index contributed by atoms with van der Waals surface area (Å²) in [5, 5.41) is 8.25. The molecule has 0 fully saturated rings. The minimum absolute atomic E-state index is 0.660. The molecule has 0 N–H and O–H groups in total. The number of hydrogen-bond donors (Lipinski definition) is 0. The SMILES string of the molecule is CC(C)CCOCCCCC#N. The first kappa shape index (κ1) is 11.4. The van der Waals surface area contributed by atoms with E-state index in [1.54, 1.807) is 0 Å². The van der Waals surface area contributed by atoms with E-state index in [2.05, 4.69) is 19.9 Å². The van der Waals surface area contributed by atoms with Crippen molar-refractivity contribution in [3.8, 4) is 6.07 Å². The second kappa shape index (κ2) is 8.55. The van der Waals surface area contributed by atoms with E-state index in [1.165, 1.54) is 0 Å². The molecule has 70 valence electrons. The Morgan fingerprint density at radius 3 is 2.58 bits per heavy atom. The van der Waals surface area contributed by atoms with Crippen LogP contribution in [0.4, 0.5) is 0 Å². The minimum Gasteiger partial charge on any atom is -0.381 e. The second-order valence-corrected chi connectivity index (χ2v) is 3.41. The van der Waals surface area contributed by atoms with E-state index in [-0.39, 0.29) is 0 Å². The highest BCUT2D eigenvalue weighted by Crippen LogP contribution is 2.00. The molecule has 0 aliphatic heterocycles. The number of hydrogen-bond acceptors (Lipinski definition) is 2. The van der Waals surface area contributed by atoms with Crippen LogP contribution in [0.1, 0.15) is 39.5 Å². The molecule has 0 unspecified atom stereocenters. The molecule has 0 saturated carbocycles. The molecule has 0 aromatic heterocycles. The Balaban J connectivity index is 2.87. The molecule has 0 bridgehead atoms. The van der Waals surface area contributed by atoms with Gasteiger partial charge in [-0.05, 0) is 25.2 Å². The van der Waals surface area contributed by atoms with Crippen molar-refractivity contribution in [3.05, 3.63) is 0 Å². The number of nitriles is 1. The molecule has 2 nitrogen and oxygen atoms in total. The van der Waals surface area contributed by atoms with Crippen LogP contribution in [0.25, 0.3) is 0 Å². The minimum atomic E-state index is 0.660. The molecule has 0 aliphatic carbocycles. The van der Waals surface area contributed by atoms with Gasteiger partial charge in [0.1, 0.15) is 0 Å². The van der Waals surface area contributed by atoms with Crippen molar-refractivity contribution >= 4 is 0 Å². The molecule has 0 amide bonds. The molecule has 0 spiro atoms. The smallest absolute Gasteiger partial charge is 0.0621 e. The summed E-state index contributed by atoms with van der Waals surface area (Å²) in [4.78, 5) is 0. The fourth-order valence-electron chi connectivity index (χ4n) is 0.829. The van der Waals surface area contributed by atoms with Gasteiger partial charge in [0.2, 0.25) is 0 Å². The van der Waals surface area contributed by atoms with Crippen molar-refractivity contribution < 1.29 is 4.74 Å². The first-order valence-corrected chi connectivity index (χ1v) is 4.72. The Hall–Kier alpha value is -0.550. The average molecular weight is 169 g/mol. The highest BCUT2D eigenvalue weighted by Gasteiger charge is 1.93. The fourth-order valence-corrected chi connectivity index (χ4v) is 0.829. The van der Waals surface area contributed by atoms with Crippen molar-refractivity contribution in [3.63, 3.8) is 0 Å². The maximum Gasteiger partial charge on any atom is 0.0621 e. The highest BCUT2D eigenvalue weighted by atomic mass is 16.5. The van der Waals surface area contributed by atoms with Gasteiger partial charge in [0.15, 0.2) is 0 Å². The largest absolute Gasteiger partial charge is 0.381 e. The lowest BCUT2D eigenvalue weighted by molar-refractivity contribution is 0.120. The highest BCUT2D eigenvalue weighted by molar-refractivity contribution is 4.67. The van der Waals surface area contributed by atoms with Crippen molar-refractivity contribution in [1.29, 1.82) is 5.26 Å². The van der Waals surface area contributed by atoms with Gasteiger partial charge in [-0.1, -0.05) is 13.8 Å². The van der Waals surface area contributed by atoms with E-state index in [0.29, 0.717) is 6.42 Å². The molecule has 0 rings (SSSR count). The van der Waals surface area contributed by atoms with Gasteiger partial charge < -0.3 is 4.74 Å². The summed E-state index contributed by atoms with van der Waals surface area (Å²) in [6.45, 7) is 6.07. The lowest BCUT2D eigenvalue weighted by Gasteiger charge is -2.05. The van der Waals surface area contributed by atoms with E-state index in [0.717, 1.165) is 38.4 Å². The first-order chi connectivity index (χ1) is 5.77. The molecule has 0 aliphatic rings. The lowest BCUT2D eigenvalue weighted by Crippen LogP contribution is -2.00. The summed E-state index contributed by atoms with van der Waals surface area (Å²) in [7, 11) is 0. The molecular formula is C10H19NO. The van der Waals surface area contributed by atoms with Crippen molar-refractivity contribution in [1.82, 2.24) is 0 Å². The van der Waals surface area contributed by atoms with Gasteiger partial charge in [-0.2, -0.15) is 5.26 Å². The second-order valence-electron chi connectivity index (χ2n) is 3.41. The van der Waals surface area contributed by atoms with Crippen LogP contribution in [0.2, 0.25) is 0 Å². The third-order valence-corrected chi connectivity index (χ3v) is 1.67. The van der Waals surface area contributed by atoms with Crippen molar-refractivity contribution in [2.24, 2.45) is 5.92 Å². The van der Waals surface area contributed by atoms with Gasteiger partial charge in [0.25, 0.3) is 0 Å². The molecule has 0 saturated heterocycles. The van der Waals surface area contributed by atoms with Crippen LogP contribution in [-0.2, 0) is 4.74 Å². The van der Waals surface area contributed by atoms with Gasteiger partial charge >= 0.3 is 0 Å². The van der Waals surface area contributed by atoms with Gasteiger partial charge in [-0.3, -0.25) is 0 Å². The summed E-state index contributed by atoms with van der Waals surface area (Å²) in [5.74, 6) is 0.726. The predicted octanol–water partition coefficient (Wildman–Crippen LogP) is 2.74. The van der Waals surface area contributed by atoms with Gasteiger partial charge in [0, 0.05) is 19.6 Å². The molecule has 12 heavy (non-hydrogen) atoms. The van der Waals surface area contributed by atoms with E-state index in [9.17, 15) is 0 Å². The third-order valence-electron chi connectivity index (χ3n) is 1.67. The Morgan fingerprint density at radius 1 is 1.25 bits per heavy atom. The van der Waals surface area contributed by atoms with Crippen LogP contribution in [-0.4, -0.2) is 13.2 Å². The van der Waals surface area contributed by atoms with Crippen molar-refractivity contribution in [2.75, 3.05) is 13.2 Å². The molecular weight excluding hydrogens is 150 g/mol. The first-order valence-electron chi connectivity index (χ1n) is 4.72. The monoisotopic (exact) mass is 169 g/mol. The van der Waals surface area contributed by atoms with Crippen LogP contribution in [0, 0.1) is 17.2 Å². The van der Waals surface area contributed by atoms with Gasteiger partial charge in [0.05, 0.1) is 6.07 Å². The van der Waals surface area contributed by atoms with E-state index >= 15 is 0 Å². The quantitative estimate of drug-likeness (QED) is 0.549. The third kappa shape index (κ3) is 9.45. The zero-order chi connectivity index (χ0) is 9.23. The molecule has 0 radical (unpaired) electrons. The van der Waals surface area contributed by atoms with Crippen LogP contribution in [0.15, 0.2) is 0 Å². The number of ether oxygens (including phenoxy) is 1. The number of rotatable bonds is 7. The Morgan fingerprint density at radius 2 is 2.00 bits per heavy atom. The standard InChI is InChI=1S/C10H19NO/c1-10(2)6-9-12-8-5-3-4-7-11/h10H,3-6,8-9H2,1-2H3. The zero-order valence-corrected chi connectivity index (χ0v) is 8.18. The summed E-state index contributed by atoms with van der Waals surface area (Å²) in [5.41, 5.74) is 0. The number of unbranched alkanes of at least 4 members (excludes halogenated alkanes) is 2. The van der Waals surface area contributed by atoms with E-state index in [1.807, 2.05) is 0 Å². The Bertz CT molecular complexity index is 126. The van der Waals surface area contributed by atoms with Crippen molar-refractivity contribution in [2.45, 2.75) is 39.5 Å². The maximum absolute atomic E-state index is 8.25. The predicted molar refractivity (Wildman–Crippen MR) is 49.7 cm³/mol. The maximum atomic E-state index is 8.25. The average Bonchev–Trinajstić information content (AvgIpc) is 2.02. The zero-order valence-electron chi connectivity index (χ0n) is 8.18. The molecule has 0 heterocycles. The fraction of sp³-hybridized carbons (Fsp3) is 0.900. The Labute approximate surface area is 75.5 Å². The van der Waals surface area contributed by atoms with E-state index in [4.69, 9.17) is 10.00 Å². The molecule has 0 aromatic carbocycles. The molecule has 0 atom stereocenters. The lowest BCUT2D eigenvalue weighted by atomic mass is 10.1.